The van der Waals surface area contributed by atoms with Crippen LogP contribution in [0.1, 0.15) is 17.2 Å². The molecule has 3 aromatic carbocycles. The summed E-state index contributed by atoms with van der Waals surface area (Å²) in [5, 5.41) is 11.5. The first-order valence-corrected chi connectivity index (χ1v) is 10.2. The molecular formula is C25H20ClNO5. The van der Waals surface area contributed by atoms with Crippen LogP contribution < -0.4 is 14.4 Å². The minimum atomic E-state index is -0.895. The molecule has 0 aromatic heterocycles. The predicted octanol–water partition coefficient (Wildman–Crippen LogP) is 4.98. The average Bonchev–Trinajstić information content (AvgIpc) is 3.09. The molecule has 1 aliphatic rings. The van der Waals surface area contributed by atoms with E-state index in [0.29, 0.717) is 33.3 Å². The highest BCUT2D eigenvalue weighted by atomic mass is 35.5. The van der Waals surface area contributed by atoms with Gasteiger partial charge in [-0.15, -0.1) is 0 Å². The fourth-order valence-corrected chi connectivity index (χ4v) is 4.00. The van der Waals surface area contributed by atoms with Gasteiger partial charge in [0, 0.05) is 16.3 Å². The summed E-state index contributed by atoms with van der Waals surface area (Å²) in [4.78, 5) is 27.6. The standard InChI is InChI=1S/C25H20ClNO5/c1-31-19-12-11-16(13-20(19)32-2)22-21(23(28)15-7-4-3-5-8-15)24(29)25(30)27(22)18-10-6-9-17(26)14-18/h3-14,22,28H,1-2H3. The molecule has 0 bridgehead atoms. The highest BCUT2D eigenvalue weighted by Crippen LogP contribution is 2.44. The Balaban J connectivity index is 1.97. The zero-order valence-electron chi connectivity index (χ0n) is 17.4. The number of benzene rings is 3. The first kappa shape index (κ1) is 21.5. The van der Waals surface area contributed by atoms with Crippen LogP contribution in [0.2, 0.25) is 5.02 Å². The number of amides is 1. The SMILES string of the molecule is COc1ccc(C2C(=C(O)c3ccccc3)C(=O)C(=O)N2c2cccc(Cl)c2)cc1OC. The molecular weight excluding hydrogens is 430 g/mol. The van der Waals surface area contributed by atoms with Crippen LogP contribution in [0.5, 0.6) is 11.5 Å². The van der Waals surface area contributed by atoms with E-state index in [9.17, 15) is 14.7 Å². The Morgan fingerprint density at radius 3 is 2.28 bits per heavy atom. The Morgan fingerprint density at radius 1 is 0.906 bits per heavy atom. The van der Waals surface area contributed by atoms with Gasteiger partial charge in [0.15, 0.2) is 11.5 Å². The van der Waals surface area contributed by atoms with Gasteiger partial charge in [-0.2, -0.15) is 0 Å². The Morgan fingerprint density at radius 2 is 1.62 bits per heavy atom. The predicted molar refractivity (Wildman–Crippen MR) is 122 cm³/mol. The van der Waals surface area contributed by atoms with Crippen molar-refractivity contribution >= 4 is 34.7 Å². The molecule has 6 nitrogen and oxygen atoms in total. The van der Waals surface area contributed by atoms with Gasteiger partial charge in [-0.3, -0.25) is 14.5 Å². The number of carbonyl (C=O) groups is 2. The van der Waals surface area contributed by atoms with Gasteiger partial charge in [-0.25, -0.2) is 0 Å². The first-order valence-electron chi connectivity index (χ1n) is 9.80. The van der Waals surface area contributed by atoms with E-state index in [2.05, 4.69) is 0 Å². The number of Topliss-reactive ketones (excluding diaryl/α,β-unsaturated/α-hetero) is 1. The third kappa shape index (κ3) is 3.69. The molecule has 1 fully saturated rings. The van der Waals surface area contributed by atoms with E-state index in [1.54, 1.807) is 72.8 Å². The monoisotopic (exact) mass is 449 g/mol. The number of carbonyl (C=O) groups excluding carboxylic acids is 2. The summed E-state index contributed by atoms with van der Waals surface area (Å²) < 4.78 is 10.7. The smallest absolute Gasteiger partial charge is 0.300 e. The summed E-state index contributed by atoms with van der Waals surface area (Å²) in [5.41, 5.74) is 1.42. The number of rotatable bonds is 5. The molecule has 7 heteroatoms. The summed E-state index contributed by atoms with van der Waals surface area (Å²) in [7, 11) is 3.02. The number of hydrogen-bond acceptors (Lipinski definition) is 5. The molecule has 0 spiro atoms. The topological polar surface area (TPSA) is 76.1 Å². The van der Waals surface area contributed by atoms with E-state index in [-0.39, 0.29) is 11.3 Å². The Hall–Kier alpha value is -3.77. The number of anilines is 1. The van der Waals surface area contributed by atoms with Crippen LogP contribution >= 0.6 is 11.6 Å². The van der Waals surface area contributed by atoms with Crippen LogP contribution in [0, 0.1) is 0 Å². The second kappa shape index (κ2) is 8.77. The molecule has 3 aromatic rings. The third-order valence-electron chi connectivity index (χ3n) is 5.30. The van der Waals surface area contributed by atoms with Gasteiger partial charge in [0.1, 0.15) is 5.76 Å². The van der Waals surface area contributed by atoms with Crippen molar-refractivity contribution in [2.75, 3.05) is 19.1 Å². The Kier molecular flexibility index (Phi) is 5.88. The van der Waals surface area contributed by atoms with E-state index < -0.39 is 17.7 Å². The van der Waals surface area contributed by atoms with Crippen molar-refractivity contribution < 1.29 is 24.2 Å². The minimum absolute atomic E-state index is 0.0200. The lowest BCUT2D eigenvalue weighted by Crippen LogP contribution is -2.29. The van der Waals surface area contributed by atoms with E-state index in [1.807, 2.05) is 0 Å². The van der Waals surface area contributed by atoms with Crippen LogP contribution in [0.15, 0.2) is 78.4 Å². The number of nitrogens with zero attached hydrogens (tertiary/aromatic N) is 1. The summed E-state index contributed by atoms with van der Waals surface area (Å²) in [5.74, 6) is -0.871. The van der Waals surface area contributed by atoms with Crippen molar-refractivity contribution in [3.63, 3.8) is 0 Å². The number of ketones is 1. The fourth-order valence-electron chi connectivity index (χ4n) is 3.81. The molecule has 1 aliphatic heterocycles. The molecule has 32 heavy (non-hydrogen) atoms. The summed E-state index contributed by atoms with van der Waals surface area (Å²) >= 11 is 6.16. The second-order valence-electron chi connectivity index (χ2n) is 7.13. The van der Waals surface area contributed by atoms with Gasteiger partial charge in [-0.1, -0.05) is 54.1 Å². The molecule has 0 radical (unpaired) electrons. The van der Waals surface area contributed by atoms with E-state index in [0.717, 1.165) is 0 Å². The van der Waals surface area contributed by atoms with Gasteiger partial charge in [0.05, 0.1) is 25.8 Å². The summed E-state index contributed by atoms with van der Waals surface area (Å²) in [6, 6.07) is 19.5. The van der Waals surface area contributed by atoms with E-state index in [4.69, 9.17) is 21.1 Å². The maximum Gasteiger partial charge on any atom is 0.300 e. The van der Waals surface area contributed by atoms with Crippen molar-refractivity contribution in [1.82, 2.24) is 0 Å². The average molecular weight is 450 g/mol. The quantitative estimate of drug-likeness (QED) is 0.337. The second-order valence-corrected chi connectivity index (χ2v) is 7.57. The van der Waals surface area contributed by atoms with Crippen LogP contribution in [-0.4, -0.2) is 31.0 Å². The fraction of sp³-hybridized carbons (Fsp3) is 0.120. The number of hydrogen-bond donors (Lipinski definition) is 1. The van der Waals surface area contributed by atoms with Crippen LogP contribution in [-0.2, 0) is 9.59 Å². The molecule has 4 rings (SSSR count). The normalized spacial score (nSPS) is 17.5. The molecule has 0 aliphatic carbocycles. The molecule has 0 saturated carbocycles. The molecule has 162 valence electrons. The van der Waals surface area contributed by atoms with Crippen molar-refractivity contribution in [2.45, 2.75) is 6.04 Å². The molecule has 1 atom stereocenters. The highest BCUT2D eigenvalue weighted by molar-refractivity contribution is 6.51. The first-order chi connectivity index (χ1) is 15.5. The summed E-state index contributed by atoms with van der Waals surface area (Å²) in [6.45, 7) is 0. The Labute approximate surface area is 190 Å². The molecule has 1 N–H and O–H groups in total. The van der Waals surface area contributed by atoms with Gasteiger partial charge < -0.3 is 14.6 Å². The van der Waals surface area contributed by atoms with Crippen LogP contribution in [0.3, 0.4) is 0 Å². The zero-order valence-corrected chi connectivity index (χ0v) is 18.2. The van der Waals surface area contributed by atoms with Gasteiger partial charge in [-0.05, 0) is 35.9 Å². The zero-order chi connectivity index (χ0) is 22.8. The largest absolute Gasteiger partial charge is 0.507 e. The maximum absolute atomic E-state index is 13.2. The highest BCUT2D eigenvalue weighted by Gasteiger charge is 2.47. The van der Waals surface area contributed by atoms with Crippen LogP contribution in [0.25, 0.3) is 5.76 Å². The lowest BCUT2D eigenvalue weighted by molar-refractivity contribution is -0.132. The third-order valence-corrected chi connectivity index (χ3v) is 5.54. The Bertz CT molecular complexity index is 1220. The number of ether oxygens (including phenoxy) is 2. The minimum Gasteiger partial charge on any atom is -0.507 e. The number of halogens is 1. The van der Waals surface area contributed by atoms with Crippen molar-refractivity contribution in [1.29, 1.82) is 0 Å². The molecule has 1 saturated heterocycles. The lowest BCUT2D eigenvalue weighted by Gasteiger charge is -2.26. The van der Waals surface area contributed by atoms with E-state index in [1.165, 1.54) is 19.1 Å². The van der Waals surface area contributed by atoms with Crippen LogP contribution in [0.4, 0.5) is 5.69 Å². The van der Waals surface area contributed by atoms with Gasteiger partial charge in [0.2, 0.25) is 0 Å². The maximum atomic E-state index is 13.2. The van der Waals surface area contributed by atoms with Gasteiger partial charge >= 0.3 is 0 Å². The van der Waals surface area contributed by atoms with Crippen molar-refractivity contribution in [3.05, 3.63) is 94.5 Å². The van der Waals surface area contributed by atoms with Gasteiger partial charge in [0.25, 0.3) is 11.7 Å². The molecule has 1 amide bonds. The molecule has 1 unspecified atom stereocenters. The lowest BCUT2D eigenvalue weighted by atomic mass is 9.94. The van der Waals surface area contributed by atoms with Crippen molar-refractivity contribution in [2.24, 2.45) is 0 Å². The van der Waals surface area contributed by atoms with Crippen molar-refractivity contribution in [3.8, 4) is 11.5 Å². The summed E-state index contributed by atoms with van der Waals surface area (Å²) in [6.07, 6.45) is 0. The molecule has 1 heterocycles. The number of aliphatic hydroxyl groups excluding tert-OH is 1. The van der Waals surface area contributed by atoms with E-state index >= 15 is 0 Å². The number of methoxy groups -OCH3 is 2. The number of aliphatic hydroxyl groups is 1.